The van der Waals surface area contributed by atoms with E-state index in [-0.39, 0.29) is 0 Å². The van der Waals surface area contributed by atoms with Gasteiger partial charge in [0.25, 0.3) is 0 Å². The Hall–Kier alpha value is -2.26. The van der Waals surface area contributed by atoms with Gasteiger partial charge in [0.2, 0.25) is 0 Å². The number of aromatic amines is 1. The van der Waals surface area contributed by atoms with Gasteiger partial charge in [0, 0.05) is 30.1 Å². The number of hydrogen-bond donors (Lipinski definition) is 1. The second kappa shape index (κ2) is 6.67. The van der Waals surface area contributed by atoms with E-state index < -0.39 is 0 Å². The highest BCUT2D eigenvalue weighted by molar-refractivity contribution is 7.15. The first-order valence-corrected chi connectivity index (χ1v) is 8.26. The zero-order valence-electron chi connectivity index (χ0n) is 12.4. The first kappa shape index (κ1) is 14.7. The molecule has 0 bridgehead atoms. The van der Waals surface area contributed by atoms with Crippen LogP contribution in [0.25, 0.3) is 21.6 Å². The van der Waals surface area contributed by atoms with E-state index in [0.29, 0.717) is 12.3 Å². The average molecular weight is 311 g/mol. The van der Waals surface area contributed by atoms with Crippen LogP contribution in [-0.2, 0) is 0 Å². The lowest BCUT2D eigenvalue weighted by Gasteiger charge is -2.10. The summed E-state index contributed by atoms with van der Waals surface area (Å²) in [5.74, 6) is 0.368. The van der Waals surface area contributed by atoms with E-state index in [4.69, 9.17) is 5.26 Å². The maximum Gasteiger partial charge on any atom is 0.141 e. The van der Waals surface area contributed by atoms with Crippen molar-refractivity contribution in [2.75, 3.05) is 0 Å². The van der Waals surface area contributed by atoms with Gasteiger partial charge in [-0.15, -0.1) is 11.3 Å². The van der Waals surface area contributed by atoms with Crippen molar-refractivity contribution < 1.29 is 0 Å². The molecule has 0 fully saturated rings. The van der Waals surface area contributed by atoms with E-state index in [2.05, 4.69) is 32.9 Å². The number of nitrogens with zero attached hydrogens (tertiary/aromatic N) is 4. The molecular formula is C16H17N5S. The maximum atomic E-state index is 8.82. The van der Waals surface area contributed by atoms with E-state index in [1.807, 2.05) is 18.5 Å². The van der Waals surface area contributed by atoms with Gasteiger partial charge in [0.1, 0.15) is 12.0 Å². The minimum atomic E-state index is 0.368. The van der Waals surface area contributed by atoms with Crippen LogP contribution >= 0.6 is 11.3 Å². The van der Waals surface area contributed by atoms with Crippen LogP contribution in [0.2, 0.25) is 0 Å². The molecule has 0 amide bonds. The largest absolute Gasteiger partial charge is 0.346 e. The molecule has 3 rings (SSSR count). The van der Waals surface area contributed by atoms with Crippen LogP contribution in [0.15, 0.2) is 24.8 Å². The van der Waals surface area contributed by atoms with E-state index in [9.17, 15) is 0 Å². The Morgan fingerprint density at radius 3 is 3.05 bits per heavy atom. The Morgan fingerprint density at radius 1 is 1.32 bits per heavy atom. The quantitative estimate of drug-likeness (QED) is 0.737. The van der Waals surface area contributed by atoms with Crippen molar-refractivity contribution in [3.8, 4) is 16.6 Å². The minimum Gasteiger partial charge on any atom is -0.346 e. The summed E-state index contributed by atoms with van der Waals surface area (Å²) < 4.78 is 0. The topological polar surface area (TPSA) is 78.2 Å². The van der Waals surface area contributed by atoms with Crippen molar-refractivity contribution in [3.05, 3.63) is 29.8 Å². The SMILES string of the molecule is CCC[C@@H](CCC#N)c1ncc(-c2ncnc3[nH]ccc23)s1. The van der Waals surface area contributed by atoms with Crippen molar-refractivity contribution in [2.24, 2.45) is 0 Å². The van der Waals surface area contributed by atoms with Crippen LogP contribution in [-0.4, -0.2) is 19.9 Å². The summed E-state index contributed by atoms with van der Waals surface area (Å²) in [7, 11) is 0. The number of H-pyrrole nitrogens is 1. The van der Waals surface area contributed by atoms with Crippen LogP contribution < -0.4 is 0 Å². The number of fused-ring (bicyclic) bond motifs is 1. The van der Waals surface area contributed by atoms with Gasteiger partial charge in [-0.1, -0.05) is 13.3 Å². The standard InChI is InChI=1S/C16H17N5S/c1-2-4-11(5-3-7-17)16-19-9-13(22-16)14-12-6-8-18-15(12)21-10-20-14/h6,8-11H,2-5H2,1H3,(H,18,20,21)/t11-/m0/s1. The predicted molar refractivity (Wildman–Crippen MR) is 87.5 cm³/mol. The fraction of sp³-hybridized carbons (Fsp3) is 0.375. The molecule has 22 heavy (non-hydrogen) atoms. The highest BCUT2D eigenvalue weighted by atomic mass is 32.1. The van der Waals surface area contributed by atoms with Gasteiger partial charge in [-0.3, -0.25) is 0 Å². The van der Waals surface area contributed by atoms with Gasteiger partial charge in [0.05, 0.1) is 21.6 Å². The first-order valence-electron chi connectivity index (χ1n) is 7.44. The summed E-state index contributed by atoms with van der Waals surface area (Å²) in [4.78, 5) is 17.4. The summed E-state index contributed by atoms with van der Waals surface area (Å²) >= 11 is 1.68. The normalized spacial score (nSPS) is 12.4. The van der Waals surface area contributed by atoms with Gasteiger partial charge in [-0.25, -0.2) is 15.0 Å². The molecule has 0 spiro atoms. The third-order valence-corrected chi connectivity index (χ3v) is 4.87. The lowest BCUT2D eigenvalue weighted by Crippen LogP contribution is -1.97. The summed E-state index contributed by atoms with van der Waals surface area (Å²) in [5.41, 5.74) is 1.76. The van der Waals surface area contributed by atoms with Crippen LogP contribution in [0.1, 0.15) is 43.5 Å². The summed E-state index contributed by atoms with van der Waals surface area (Å²) in [6, 6.07) is 4.23. The fourth-order valence-corrected chi connectivity index (χ4v) is 3.73. The molecule has 5 nitrogen and oxygen atoms in total. The molecule has 0 aromatic carbocycles. The van der Waals surface area contributed by atoms with E-state index in [1.165, 1.54) is 0 Å². The summed E-state index contributed by atoms with van der Waals surface area (Å²) in [6.45, 7) is 2.17. The molecule has 0 saturated carbocycles. The second-order valence-corrected chi connectivity index (χ2v) is 6.27. The lowest BCUT2D eigenvalue weighted by molar-refractivity contribution is 0.573. The lowest BCUT2D eigenvalue weighted by atomic mass is 9.99. The van der Waals surface area contributed by atoms with Crippen LogP contribution in [0.3, 0.4) is 0 Å². The number of nitrogens with one attached hydrogen (secondary N) is 1. The number of aromatic nitrogens is 4. The Morgan fingerprint density at radius 2 is 2.23 bits per heavy atom. The molecule has 3 aromatic rings. The Bertz CT molecular complexity index is 798. The molecule has 112 valence electrons. The van der Waals surface area contributed by atoms with E-state index >= 15 is 0 Å². The van der Waals surface area contributed by atoms with Gasteiger partial charge in [0.15, 0.2) is 0 Å². The van der Waals surface area contributed by atoms with Crippen molar-refractivity contribution >= 4 is 22.4 Å². The van der Waals surface area contributed by atoms with Gasteiger partial charge >= 0.3 is 0 Å². The Kier molecular flexibility index (Phi) is 4.45. The van der Waals surface area contributed by atoms with Gasteiger partial charge in [-0.05, 0) is 18.9 Å². The molecule has 3 aromatic heterocycles. The zero-order valence-corrected chi connectivity index (χ0v) is 13.2. The minimum absolute atomic E-state index is 0.368. The molecule has 6 heteroatoms. The number of nitriles is 1. The molecule has 0 radical (unpaired) electrons. The molecule has 0 unspecified atom stereocenters. The van der Waals surface area contributed by atoms with Crippen molar-refractivity contribution in [1.82, 2.24) is 19.9 Å². The van der Waals surface area contributed by atoms with E-state index in [1.54, 1.807) is 17.7 Å². The number of thiazole rings is 1. The van der Waals surface area contributed by atoms with Crippen LogP contribution in [0.4, 0.5) is 0 Å². The molecule has 0 aliphatic carbocycles. The monoisotopic (exact) mass is 311 g/mol. The van der Waals surface area contributed by atoms with Crippen LogP contribution in [0.5, 0.6) is 0 Å². The van der Waals surface area contributed by atoms with Gasteiger partial charge < -0.3 is 4.98 Å². The first-order chi connectivity index (χ1) is 10.8. The molecule has 0 aliphatic heterocycles. The predicted octanol–water partition coefficient (Wildman–Crippen LogP) is 4.27. The average Bonchev–Trinajstić information content (AvgIpc) is 3.19. The van der Waals surface area contributed by atoms with Crippen molar-refractivity contribution in [2.45, 2.75) is 38.5 Å². The molecule has 3 heterocycles. The maximum absolute atomic E-state index is 8.82. The third kappa shape index (κ3) is 2.85. The van der Waals surface area contributed by atoms with Crippen molar-refractivity contribution in [1.29, 1.82) is 5.26 Å². The summed E-state index contributed by atoms with van der Waals surface area (Å²) in [5, 5.41) is 10.9. The summed E-state index contributed by atoms with van der Waals surface area (Å²) in [6.07, 6.45) is 8.96. The van der Waals surface area contributed by atoms with Crippen molar-refractivity contribution in [3.63, 3.8) is 0 Å². The molecule has 1 atom stereocenters. The third-order valence-electron chi connectivity index (χ3n) is 3.70. The Labute approximate surface area is 133 Å². The number of rotatable bonds is 6. The molecular weight excluding hydrogens is 294 g/mol. The number of hydrogen-bond acceptors (Lipinski definition) is 5. The zero-order chi connectivity index (χ0) is 15.4. The fourth-order valence-electron chi connectivity index (χ4n) is 2.63. The molecule has 0 saturated heterocycles. The molecule has 0 aliphatic rings. The highest BCUT2D eigenvalue weighted by Gasteiger charge is 2.17. The molecule has 1 N–H and O–H groups in total. The highest BCUT2D eigenvalue weighted by Crippen LogP contribution is 2.35. The Balaban J connectivity index is 1.92. The van der Waals surface area contributed by atoms with Crippen LogP contribution in [0, 0.1) is 11.3 Å². The second-order valence-electron chi connectivity index (χ2n) is 5.21. The smallest absolute Gasteiger partial charge is 0.141 e. The van der Waals surface area contributed by atoms with Gasteiger partial charge in [-0.2, -0.15) is 5.26 Å². The van der Waals surface area contributed by atoms with E-state index in [0.717, 1.165) is 45.9 Å².